The van der Waals surface area contributed by atoms with Gasteiger partial charge in [-0.3, -0.25) is 0 Å². The van der Waals surface area contributed by atoms with Crippen LogP contribution in [-0.4, -0.2) is 0 Å². The van der Waals surface area contributed by atoms with Gasteiger partial charge < -0.3 is 0 Å². The third-order valence-corrected chi connectivity index (χ3v) is 4.18. The molecule has 0 aliphatic rings. The summed E-state index contributed by atoms with van der Waals surface area (Å²) in [5.74, 6) is 0. The van der Waals surface area contributed by atoms with E-state index in [1.807, 2.05) is 19.1 Å². The van der Waals surface area contributed by atoms with Gasteiger partial charge in [-0.2, -0.15) is 26.3 Å². The van der Waals surface area contributed by atoms with Crippen molar-refractivity contribution in [1.82, 2.24) is 0 Å². The minimum absolute atomic E-state index is 0.107. The Kier molecular flexibility index (Phi) is 5.49. The zero-order chi connectivity index (χ0) is 18.8. The van der Waals surface area contributed by atoms with E-state index in [0.29, 0.717) is 12.1 Å². The summed E-state index contributed by atoms with van der Waals surface area (Å²) in [5.41, 5.74) is -0.880. The van der Waals surface area contributed by atoms with Crippen molar-refractivity contribution in [1.29, 1.82) is 0 Å². The molecule has 0 fully saturated rings. The maximum absolute atomic E-state index is 13.2. The van der Waals surface area contributed by atoms with Gasteiger partial charge in [0.2, 0.25) is 0 Å². The molecule has 0 spiro atoms. The van der Waals surface area contributed by atoms with Gasteiger partial charge in [0.25, 0.3) is 0 Å². The smallest absolute Gasteiger partial charge is 0.166 e. The molecule has 0 aliphatic heterocycles. The molecule has 0 aromatic heterocycles. The van der Waals surface area contributed by atoms with E-state index in [9.17, 15) is 26.3 Å². The molecular weight excluding hydrogens is 342 g/mol. The predicted molar refractivity (Wildman–Crippen MR) is 84.4 cm³/mol. The van der Waals surface area contributed by atoms with Gasteiger partial charge in [0, 0.05) is 0 Å². The van der Waals surface area contributed by atoms with Crippen LogP contribution in [-0.2, 0) is 31.6 Å². The van der Waals surface area contributed by atoms with Crippen LogP contribution in [0.5, 0.6) is 0 Å². The Morgan fingerprint density at radius 3 is 1.72 bits per heavy atom. The molecule has 0 nitrogen and oxygen atoms in total. The fourth-order valence-corrected chi connectivity index (χ4v) is 2.75. The second kappa shape index (κ2) is 7.10. The first-order valence-electron chi connectivity index (χ1n) is 7.88. The van der Waals surface area contributed by atoms with E-state index in [-0.39, 0.29) is 18.4 Å². The summed E-state index contributed by atoms with van der Waals surface area (Å²) >= 11 is 0. The highest BCUT2D eigenvalue weighted by atomic mass is 19.4. The second-order valence-electron chi connectivity index (χ2n) is 5.99. The molecule has 0 saturated carbocycles. The van der Waals surface area contributed by atoms with Crippen molar-refractivity contribution < 1.29 is 26.3 Å². The van der Waals surface area contributed by atoms with E-state index in [4.69, 9.17) is 0 Å². The average molecular weight is 360 g/mol. The fraction of sp³-hybridized carbons (Fsp3) is 0.368. The molecule has 0 radical (unpaired) electrons. The maximum atomic E-state index is 13.2. The van der Waals surface area contributed by atoms with Gasteiger partial charge in [0.1, 0.15) is 0 Å². The lowest BCUT2D eigenvalue weighted by molar-refractivity contribution is -0.142. The van der Waals surface area contributed by atoms with Crippen molar-refractivity contribution in [3.8, 4) is 0 Å². The molecule has 25 heavy (non-hydrogen) atoms. The Morgan fingerprint density at radius 1 is 0.720 bits per heavy atom. The van der Waals surface area contributed by atoms with Crippen LogP contribution in [0.15, 0.2) is 36.4 Å². The van der Waals surface area contributed by atoms with Crippen LogP contribution in [0.2, 0.25) is 0 Å². The Labute approximate surface area is 142 Å². The molecule has 0 amide bonds. The Morgan fingerprint density at radius 2 is 1.24 bits per heavy atom. The fourth-order valence-electron chi connectivity index (χ4n) is 2.75. The lowest BCUT2D eigenvalue weighted by atomic mass is 9.94. The Balaban J connectivity index is 2.36. The zero-order valence-electron chi connectivity index (χ0n) is 13.9. The third kappa shape index (κ3) is 4.77. The quantitative estimate of drug-likeness (QED) is 0.555. The SMILES string of the molecule is CCc1ccc(CCc2cc(C(F)(F)F)c(C)cc2C(F)(F)F)cc1. The molecule has 0 bridgehead atoms. The predicted octanol–water partition coefficient (Wildman–Crippen LogP) is 6.38. The largest absolute Gasteiger partial charge is 0.416 e. The van der Waals surface area contributed by atoms with Crippen molar-refractivity contribution in [3.63, 3.8) is 0 Å². The molecule has 2 aromatic carbocycles. The lowest BCUT2D eigenvalue weighted by Gasteiger charge is -2.18. The van der Waals surface area contributed by atoms with Crippen LogP contribution in [0.1, 0.15) is 40.3 Å². The molecule has 0 atom stereocenters. The monoisotopic (exact) mass is 360 g/mol. The van der Waals surface area contributed by atoms with Crippen molar-refractivity contribution in [2.45, 2.75) is 45.5 Å². The van der Waals surface area contributed by atoms with E-state index in [1.165, 1.54) is 0 Å². The molecule has 0 saturated heterocycles. The summed E-state index contributed by atoms with van der Waals surface area (Å²) in [6.07, 6.45) is -8.38. The highest BCUT2D eigenvalue weighted by Gasteiger charge is 2.38. The van der Waals surface area contributed by atoms with Crippen molar-refractivity contribution >= 4 is 0 Å². The maximum Gasteiger partial charge on any atom is 0.416 e. The number of halogens is 6. The first kappa shape index (κ1) is 19.3. The van der Waals surface area contributed by atoms with E-state index >= 15 is 0 Å². The number of alkyl halides is 6. The van der Waals surface area contributed by atoms with E-state index in [0.717, 1.165) is 24.5 Å². The number of hydrogen-bond donors (Lipinski definition) is 0. The summed E-state index contributed by atoms with van der Waals surface area (Å²) in [5, 5.41) is 0. The van der Waals surface area contributed by atoms with E-state index in [2.05, 4.69) is 0 Å². The first-order chi connectivity index (χ1) is 11.5. The van der Waals surface area contributed by atoms with Crippen molar-refractivity contribution in [2.75, 3.05) is 0 Å². The van der Waals surface area contributed by atoms with Gasteiger partial charge in [0.15, 0.2) is 0 Å². The molecule has 2 aromatic rings. The van der Waals surface area contributed by atoms with E-state index < -0.39 is 29.0 Å². The summed E-state index contributed by atoms with van der Waals surface area (Å²) in [7, 11) is 0. The minimum Gasteiger partial charge on any atom is -0.166 e. The highest BCUT2D eigenvalue weighted by molar-refractivity contribution is 5.41. The van der Waals surface area contributed by atoms with Crippen LogP contribution in [0.25, 0.3) is 0 Å². The van der Waals surface area contributed by atoms with Gasteiger partial charge in [-0.15, -0.1) is 0 Å². The number of hydrogen-bond acceptors (Lipinski definition) is 0. The summed E-state index contributed by atoms with van der Waals surface area (Å²) in [6.45, 7) is 3.03. The first-order valence-corrected chi connectivity index (χ1v) is 7.88. The van der Waals surface area contributed by atoms with E-state index in [1.54, 1.807) is 12.1 Å². The summed E-state index contributed by atoms with van der Waals surface area (Å²) in [4.78, 5) is 0. The van der Waals surface area contributed by atoms with Gasteiger partial charge in [0.05, 0.1) is 11.1 Å². The molecule has 0 aliphatic carbocycles. The molecule has 0 heterocycles. The number of benzene rings is 2. The lowest BCUT2D eigenvalue weighted by Crippen LogP contribution is -2.15. The van der Waals surface area contributed by atoms with Gasteiger partial charge >= 0.3 is 12.4 Å². The molecule has 0 unspecified atom stereocenters. The standard InChI is InChI=1S/C19H18F6/c1-3-13-4-6-14(7-5-13)8-9-15-11-16(18(20,21)22)12(2)10-17(15)19(23,24)25/h4-7,10-11H,3,8-9H2,1-2H3. The molecule has 6 heteroatoms. The van der Waals surface area contributed by atoms with Crippen molar-refractivity contribution in [2.24, 2.45) is 0 Å². The number of aryl methyl sites for hydroxylation is 4. The van der Waals surface area contributed by atoms with Gasteiger partial charge in [-0.1, -0.05) is 31.2 Å². The van der Waals surface area contributed by atoms with Crippen LogP contribution in [0, 0.1) is 6.92 Å². The topological polar surface area (TPSA) is 0 Å². The summed E-state index contributed by atoms with van der Waals surface area (Å²) < 4.78 is 78.7. The van der Waals surface area contributed by atoms with Gasteiger partial charge in [-0.05, 0) is 60.6 Å². The van der Waals surface area contributed by atoms with Crippen LogP contribution in [0.3, 0.4) is 0 Å². The summed E-state index contributed by atoms with van der Waals surface area (Å²) in [6, 6.07) is 8.57. The van der Waals surface area contributed by atoms with Crippen molar-refractivity contribution in [3.05, 3.63) is 69.8 Å². The molecular formula is C19H18F6. The molecule has 136 valence electrons. The minimum atomic E-state index is -4.68. The average Bonchev–Trinajstić information content (AvgIpc) is 2.52. The van der Waals surface area contributed by atoms with Gasteiger partial charge in [-0.25, -0.2) is 0 Å². The Bertz CT molecular complexity index is 723. The van der Waals surface area contributed by atoms with Crippen LogP contribution >= 0.6 is 0 Å². The van der Waals surface area contributed by atoms with Crippen LogP contribution in [0.4, 0.5) is 26.3 Å². The highest BCUT2D eigenvalue weighted by Crippen LogP contribution is 2.39. The molecule has 0 N–H and O–H groups in total. The van der Waals surface area contributed by atoms with Crippen LogP contribution < -0.4 is 0 Å². The third-order valence-electron chi connectivity index (χ3n) is 4.18. The number of rotatable bonds is 4. The Hall–Kier alpha value is -1.98. The normalized spacial score (nSPS) is 12.5. The molecule has 2 rings (SSSR count). The second-order valence-corrected chi connectivity index (χ2v) is 5.99. The zero-order valence-corrected chi connectivity index (χ0v) is 13.9.